The minimum absolute atomic E-state index is 0.00942. The number of nitriles is 1. The van der Waals surface area contributed by atoms with E-state index in [-0.39, 0.29) is 31.4 Å². The molecule has 0 aliphatic rings. The Bertz CT molecular complexity index is 268. The number of hydrogen-bond donors (Lipinski definition) is 2. The second kappa shape index (κ2) is 8.68. The molecule has 0 radical (unpaired) electrons. The number of hydrogen-bond acceptors (Lipinski definition) is 4. The fraction of sp³-hybridized carbons (Fsp3) is 0.700. The van der Waals surface area contributed by atoms with Crippen LogP contribution in [0.15, 0.2) is 0 Å². The van der Waals surface area contributed by atoms with Crippen LogP contribution in [0, 0.1) is 11.3 Å². The van der Waals surface area contributed by atoms with Gasteiger partial charge in [0.1, 0.15) is 6.54 Å². The molecule has 0 rings (SSSR count). The first-order valence-corrected chi connectivity index (χ1v) is 5.27. The molecule has 0 aliphatic carbocycles. The highest BCUT2D eigenvalue weighted by Crippen LogP contribution is 1.86. The Morgan fingerprint density at radius 2 is 1.88 bits per heavy atom. The summed E-state index contributed by atoms with van der Waals surface area (Å²) in [4.78, 5) is 24.2. The van der Waals surface area contributed by atoms with Crippen molar-refractivity contribution in [3.63, 3.8) is 0 Å². The standard InChI is InChI=1S/C10H18N4O2/c1-3-14(4-2)10(16)8-12-7-9(15)13-6-5-11/h12H,3-4,6-8H2,1-2H3,(H,13,15). The lowest BCUT2D eigenvalue weighted by Gasteiger charge is -2.18. The Hall–Kier alpha value is -1.61. The second-order valence-electron chi connectivity index (χ2n) is 3.10. The summed E-state index contributed by atoms with van der Waals surface area (Å²) in [7, 11) is 0. The van der Waals surface area contributed by atoms with Crippen molar-refractivity contribution in [3.05, 3.63) is 0 Å². The maximum atomic E-state index is 11.5. The lowest BCUT2D eigenvalue weighted by Crippen LogP contribution is -2.41. The van der Waals surface area contributed by atoms with Crippen molar-refractivity contribution >= 4 is 11.8 Å². The fourth-order valence-electron chi connectivity index (χ4n) is 1.17. The number of rotatable bonds is 7. The fourth-order valence-corrected chi connectivity index (χ4v) is 1.17. The van der Waals surface area contributed by atoms with E-state index in [1.807, 2.05) is 13.8 Å². The van der Waals surface area contributed by atoms with Gasteiger partial charge in [-0.3, -0.25) is 14.9 Å². The summed E-state index contributed by atoms with van der Waals surface area (Å²) >= 11 is 0. The summed E-state index contributed by atoms with van der Waals surface area (Å²) in [5.41, 5.74) is 0. The maximum Gasteiger partial charge on any atom is 0.236 e. The predicted octanol–water partition coefficient (Wildman–Crippen LogP) is -0.916. The highest BCUT2D eigenvalue weighted by Gasteiger charge is 2.09. The molecular weight excluding hydrogens is 208 g/mol. The maximum absolute atomic E-state index is 11.5. The zero-order valence-corrected chi connectivity index (χ0v) is 9.75. The van der Waals surface area contributed by atoms with E-state index in [1.165, 1.54) is 0 Å². The van der Waals surface area contributed by atoms with Gasteiger partial charge in [0.25, 0.3) is 0 Å². The van der Waals surface area contributed by atoms with Crippen LogP contribution in [0.1, 0.15) is 13.8 Å². The van der Waals surface area contributed by atoms with Crippen molar-refractivity contribution in [2.24, 2.45) is 0 Å². The molecule has 0 spiro atoms. The normalized spacial score (nSPS) is 9.31. The Kier molecular flexibility index (Phi) is 7.81. The lowest BCUT2D eigenvalue weighted by atomic mass is 10.4. The van der Waals surface area contributed by atoms with E-state index in [9.17, 15) is 9.59 Å². The van der Waals surface area contributed by atoms with Crippen LogP contribution in [0.5, 0.6) is 0 Å². The minimum atomic E-state index is -0.283. The first-order chi connectivity index (χ1) is 7.65. The summed E-state index contributed by atoms with van der Waals surface area (Å²) < 4.78 is 0. The van der Waals surface area contributed by atoms with Gasteiger partial charge in [0.15, 0.2) is 0 Å². The average Bonchev–Trinajstić information content (AvgIpc) is 2.28. The molecule has 0 saturated carbocycles. The molecular formula is C10H18N4O2. The van der Waals surface area contributed by atoms with Crippen LogP contribution >= 0.6 is 0 Å². The molecule has 16 heavy (non-hydrogen) atoms. The van der Waals surface area contributed by atoms with Gasteiger partial charge in [-0.1, -0.05) is 0 Å². The zero-order valence-electron chi connectivity index (χ0n) is 9.75. The van der Waals surface area contributed by atoms with Crippen LogP contribution in [0.3, 0.4) is 0 Å². The van der Waals surface area contributed by atoms with E-state index in [0.717, 1.165) is 0 Å². The number of carbonyl (C=O) groups excluding carboxylic acids is 2. The summed E-state index contributed by atoms with van der Waals surface area (Å²) in [6, 6.07) is 1.80. The van der Waals surface area contributed by atoms with Crippen LogP contribution in [0.2, 0.25) is 0 Å². The molecule has 0 saturated heterocycles. The molecule has 0 aromatic carbocycles. The van der Waals surface area contributed by atoms with Gasteiger partial charge in [-0.15, -0.1) is 0 Å². The second-order valence-corrected chi connectivity index (χ2v) is 3.10. The average molecular weight is 226 g/mol. The molecule has 0 heterocycles. The third-order valence-corrected chi connectivity index (χ3v) is 2.04. The lowest BCUT2D eigenvalue weighted by molar-refractivity contribution is -0.129. The molecule has 6 nitrogen and oxygen atoms in total. The minimum Gasteiger partial charge on any atom is -0.342 e. The van der Waals surface area contributed by atoms with Gasteiger partial charge in [-0.05, 0) is 13.8 Å². The quantitative estimate of drug-likeness (QED) is 0.550. The zero-order chi connectivity index (χ0) is 12.4. The predicted molar refractivity (Wildman–Crippen MR) is 59.4 cm³/mol. The molecule has 0 fully saturated rings. The Morgan fingerprint density at radius 1 is 1.25 bits per heavy atom. The van der Waals surface area contributed by atoms with E-state index in [1.54, 1.807) is 11.0 Å². The summed E-state index contributed by atoms with van der Waals surface area (Å²) in [6.45, 7) is 5.32. The van der Waals surface area contributed by atoms with E-state index >= 15 is 0 Å². The van der Waals surface area contributed by atoms with Gasteiger partial charge in [0.05, 0.1) is 19.2 Å². The first-order valence-electron chi connectivity index (χ1n) is 5.27. The Morgan fingerprint density at radius 3 is 2.38 bits per heavy atom. The van der Waals surface area contributed by atoms with Gasteiger partial charge in [-0.25, -0.2) is 0 Å². The SMILES string of the molecule is CCN(CC)C(=O)CNCC(=O)NCC#N. The van der Waals surface area contributed by atoms with Gasteiger partial charge in [0, 0.05) is 13.1 Å². The summed E-state index contributed by atoms with van der Waals surface area (Å²) in [6.07, 6.45) is 0. The summed E-state index contributed by atoms with van der Waals surface area (Å²) in [5, 5.41) is 13.3. The van der Waals surface area contributed by atoms with E-state index in [2.05, 4.69) is 10.6 Å². The van der Waals surface area contributed by atoms with Crippen molar-refractivity contribution in [3.8, 4) is 6.07 Å². The Balaban J connectivity index is 3.69. The number of likely N-dealkylation sites (N-methyl/N-ethyl adjacent to an activating group) is 1. The van der Waals surface area contributed by atoms with Crippen LogP contribution < -0.4 is 10.6 Å². The number of nitrogens with one attached hydrogen (secondary N) is 2. The van der Waals surface area contributed by atoms with Crippen molar-refractivity contribution in [1.82, 2.24) is 15.5 Å². The molecule has 90 valence electrons. The van der Waals surface area contributed by atoms with Crippen molar-refractivity contribution in [2.45, 2.75) is 13.8 Å². The molecule has 0 unspecified atom stereocenters. The number of nitrogens with zero attached hydrogens (tertiary/aromatic N) is 2. The third-order valence-electron chi connectivity index (χ3n) is 2.04. The van der Waals surface area contributed by atoms with Gasteiger partial charge in [0.2, 0.25) is 11.8 Å². The molecule has 2 N–H and O–H groups in total. The van der Waals surface area contributed by atoms with E-state index in [0.29, 0.717) is 13.1 Å². The first kappa shape index (κ1) is 14.4. The highest BCUT2D eigenvalue weighted by atomic mass is 16.2. The largest absolute Gasteiger partial charge is 0.342 e. The van der Waals surface area contributed by atoms with Crippen LogP contribution in [-0.4, -0.2) is 49.4 Å². The van der Waals surface area contributed by atoms with Gasteiger partial charge < -0.3 is 10.2 Å². The van der Waals surface area contributed by atoms with Crippen molar-refractivity contribution in [2.75, 3.05) is 32.7 Å². The molecule has 0 aromatic rings. The molecule has 0 aliphatic heterocycles. The summed E-state index contributed by atoms with van der Waals surface area (Å²) in [5.74, 6) is -0.313. The van der Waals surface area contributed by atoms with Crippen molar-refractivity contribution < 1.29 is 9.59 Å². The topological polar surface area (TPSA) is 85.2 Å². The smallest absolute Gasteiger partial charge is 0.236 e. The molecule has 6 heteroatoms. The molecule has 0 bridgehead atoms. The van der Waals surface area contributed by atoms with E-state index in [4.69, 9.17) is 5.26 Å². The Labute approximate surface area is 95.6 Å². The molecule has 2 amide bonds. The van der Waals surface area contributed by atoms with Crippen LogP contribution in [0.4, 0.5) is 0 Å². The highest BCUT2D eigenvalue weighted by molar-refractivity contribution is 5.81. The van der Waals surface area contributed by atoms with Crippen LogP contribution in [0.25, 0.3) is 0 Å². The van der Waals surface area contributed by atoms with Crippen LogP contribution in [-0.2, 0) is 9.59 Å². The monoisotopic (exact) mass is 226 g/mol. The molecule has 0 atom stereocenters. The van der Waals surface area contributed by atoms with Gasteiger partial charge in [-0.2, -0.15) is 5.26 Å². The third kappa shape index (κ3) is 5.98. The number of amides is 2. The van der Waals surface area contributed by atoms with E-state index < -0.39 is 0 Å². The van der Waals surface area contributed by atoms with Gasteiger partial charge >= 0.3 is 0 Å². The van der Waals surface area contributed by atoms with Crippen molar-refractivity contribution in [1.29, 1.82) is 5.26 Å². The number of carbonyl (C=O) groups is 2. The molecule has 0 aromatic heterocycles.